The van der Waals surface area contributed by atoms with Crippen LogP contribution >= 0.6 is 11.6 Å². The van der Waals surface area contributed by atoms with Crippen molar-refractivity contribution in [1.29, 1.82) is 0 Å². The number of halogens is 1. The van der Waals surface area contributed by atoms with Gasteiger partial charge in [-0.3, -0.25) is 15.5 Å². The molecule has 0 aliphatic rings. The lowest BCUT2D eigenvalue weighted by atomic mass is 10.3. The van der Waals surface area contributed by atoms with Crippen LogP contribution in [0.25, 0.3) is 0 Å². The summed E-state index contributed by atoms with van der Waals surface area (Å²) in [6.07, 6.45) is 1.05. The number of benzene rings is 1. The molecule has 2 rings (SSSR count). The summed E-state index contributed by atoms with van der Waals surface area (Å²) in [7, 11) is 1.47. The minimum atomic E-state index is -0.601. The summed E-state index contributed by atoms with van der Waals surface area (Å²) in [6.45, 7) is 0. The van der Waals surface area contributed by atoms with Crippen molar-refractivity contribution in [2.75, 3.05) is 17.9 Å². The number of hydrogen-bond donors (Lipinski definition) is 3. The summed E-state index contributed by atoms with van der Waals surface area (Å²) in [6, 6.07) is 4.81. The van der Waals surface area contributed by atoms with Crippen molar-refractivity contribution in [3.05, 3.63) is 39.5 Å². The van der Waals surface area contributed by atoms with Crippen LogP contribution in [0.1, 0.15) is 0 Å². The standard InChI is InChI=1S/C11H11ClN6O3/c1-21-9-4-6(2-3-7(9)12)15-10-8(18(19)20)5-14-11(16-10)17-13/h2-5H,13H2,1H3,(H2,14,15,16,17). The Hall–Kier alpha value is -2.65. The van der Waals surface area contributed by atoms with Gasteiger partial charge in [-0.2, -0.15) is 4.98 Å². The van der Waals surface area contributed by atoms with Crippen molar-refractivity contribution in [3.63, 3.8) is 0 Å². The highest BCUT2D eigenvalue weighted by atomic mass is 35.5. The van der Waals surface area contributed by atoms with E-state index in [4.69, 9.17) is 22.2 Å². The van der Waals surface area contributed by atoms with E-state index < -0.39 is 4.92 Å². The minimum absolute atomic E-state index is 0.00711. The second kappa shape index (κ2) is 6.20. The van der Waals surface area contributed by atoms with Gasteiger partial charge in [-0.1, -0.05) is 11.6 Å². The minimum Gasteiger partial charge on any atom is -0.495 e. The molecule has 0 radical (unpaired) electrons. The fraction of sp³-hybridized carbons (Fsp3) is 0.0909. The van der Waals surface area contributed by atoms with Crippen molar-refractivity contribution in [3.8, 4) is 5.75 Å². The molecule has 1 heterocycles. The second-order valence-electron chi connectivity index (χ2n) is 3.80. The predicted octanol–water partition coefficient (Wildman–Crippen LogP) is 2.08. The molecule has 9 nitrogen and oxygen atoms in total. The van der Waals surface area contributed by atoms with Crippen molar-refractivity contribution >= 4 is 34.7 Å². The number of anilines is 3. The molecular weight excluding hydrogens is 300 g/mol. The first-order valence-corrected chi connectivity index (χ1v) is 6.01. The molecule has 10 heteroatoms. The highest BCUT2D eigenvalue weighted by Gasteiger charge is 2.17. The number of ether oxygens (including phenoxy) is 1. The molecule has 0 bridgehead atoms. The number of aromatic nitrogens is 2. The van der Waals surface area contributed by atoms with Gasteiger partial charge in [-0.15, -0.1) is 0 Å². The zero-order valence-corrected chi connectivity index (χ0v) is 11.6. The summed E-state index contributed by atoms with van der Waals surface area (Å²) in [5.41, 5.74) is 2.45. The van der Waals surface area contributed by atoms with E-state index in [1.807, 2.05) is 0 Å². The highest BCUT2D eigenvalue weighted by molar-refractivity contribution is 6.32. The van der Waals surface area contributed by atoms with Crippen LogP contribution in [-0.2, 0) is 0 Å². The van der Waals surface area contributed by atoms with E-state index >= 15 is 0 Å². The van der Waals surface area contributed by atoms with Gasteiger partial charge in [0.1, 0.15) is 11.9 Å². The average Bonchev–Trinajstić information content (AvgIpc) is 2.48. The number of methoxy groups -OCH3 is 1. The Kier molecular flexibility index (Phi) is 4.36. The Labute approximate surface area is 124 Å². The lowest BCUT2D eigenvalue weighted by Crippen LogP contribution is -2.12. The summed E-state index contributed by atoms with van der Waals surface area (Å²) in [5.74, 6) is 5.66. The molecule has 0 aliphatic carbocycles. The lowest BCUT2D eigenvalue weighted by molar-refractivity contribution is -0.384. The second-order valence-corrected chi connectivity index (χ2v) is 4.21. The van der Waals surface area contributed by atoms with Crippen LogP contribution < -0.4 is 21.3 Å². The number of rotatable bonds is 5. The van der Waals surface area contributed by atoms with Gasteiger partial charge in [-0.25, -0.2) is 10.8 Å². The zero-order valence-electron chi connectivity index (χ0n) is 10.8. The van der Waals surface area contributed by atoms with Crippen molar-refractivity contribution in [2.45, 2.75) is 0 Å². The summed E-state index contributed by atoms with van der Waals surface area (Å²) in [5, 5.41) is 14.2. The lowest BCUT2D eigenvalue weighted by Gasteiger charge is -2.09. The van der Waals surface area contributed by atoms with E-state index in [2.05, 4.69) is 20.7 Å². The van der Waals surface area contributed by atoms with Gasteiger partial charge in [-0.05, 0) is 12.1 Å². The third-order valence-electron chi connectivity index (χ3n) is 2.51. The van der Waals surface area contributed by atoms with Crippen LogP contribution in [0.3, 0.4) is 0 Å². The average molecular weight is 311 g/mol. The molecule has 0 saturated heterocycles. The first kappa shape index (κ1) is 14.8. The van der Waals surface area contributed by atoms with Crippen LogP contribution in [-0.4, -0.2) is 22.0 Å². The smallest absolute Gasteiger partial charge is 0.329 e. The molecule has 0 aliphatic heterocycles. The Bertz CT molecular complexity index is 681. The first-order chi connectivity index (χ1) is 10.0. The van der Waals surface area contributed by atoms with E-state index in [9.17, 15) is 10.1 Å². The molecule has 110 valence electrons. The van der Waals surface area contributed by atoms with Gasteiger partial charge >= 0.3 is 5.69 Å². The monoisotopic (exact) mass is 310 g/mol. The van der Waals surface area contributed by atoms with E-state index in [1.165, 1.54) is 7.11 Å². The number of hydrogen-bond acceptors (Lipinski definition) is 8. The molecule has 0 atom stereocenters. The number of nitrogen functional groups attached to an aromatic ring is 1. The normalized spacial score (nSPS) is 10.0. The van der Waals surface area contributed by atoms with Gasteiger partial charge < -0.3 is 10.1 Å². The molecule has 21 heavy (non-hydrogen) atoms. The summed E-state index contributed by atoms with van der Waals surface area (Å²) >= 11 is 5.92. The van der Waals surface area contributed by atoms with Crippen LogP contribution in [0.5, 0.6) is 5.75 Å². The number of nitrogens with zero attached hydrogens (tertiary/aromatic N) is 3. The highest BCUT2D eigenvalue weighted by Crippen LogP contribution is 2.31. The topological polar surface area (TPSA) is 128 Å². The van der Waals surface area contributed by atoms with Gasteiger partial charge in [0.05, 0.1) is 17.1 Å². The fourth-order valence-corrected chi connectivity index (χ4v) is 1.74. The molecule has 0 spiro atoms. The van der Waals surface area contributed by atoms with E-state index in [1.54, 1.807) is 18.2 Å². The van der Waals surface area contributed by atoms with Crippen LogP contribution in [0.15, 0.2) is 24.4 Å². The van der Waals surface area contributed by atoms with Crippen molar-refractivity contribution in [2.24, 2.45) is 5.84 Å². The Balaban J connectivity index is 2.40. The van der Waals surface area contributed by atoms with E-state index in [0.29, 0.717) is 16.5 Å². The molecule has 0 saturated carbocycles. The molecule has 1 aromatic heterocycles. The summed E-state index contributed by atoms with van der Waals surface area (Å²) in [4.78, 5) is 18.0. The van der Waals surface area contributed by atoms with Gasteiger partial charge in [0.25, 0.3) is 0 Å². The maximum Gasteiger partial charge on any atom is 0.329 e. The largest absolute Gasteiger partial charge is 0.495 e. The van der Waals surface area contributed by atoms with Gasteiger partial charge in [0.15, 0.2) is 0 Å². The molecule has 2 aromatic rings. The van der Waals surface area contributed by atoms with E-state index in [0.717, 1.165) is 6.20 Å². The number of hydrazine groups is 1. The van der Waals surface area contributed by atoms with Gasteiger partial charge in [0.2, 0.25) is 11.8 Å². The van der Waals surface area contributed by atoms with Crippen molar-refractivity contribution in [1.82, 2.24) is 9.97 Å². The van der Waals surface area contributed by atoms with Crippen LogP contribution in [0.4, 0.5) is 23.1 Å². The number of nitro groups is 1. The number of nitrogens with two attached hydrogens (primary N) is 1. The molecule has 1 aromatic carbocycles. The Morgan fingerprint density at radius 3 is 2.86 bits per heavy atom. The predicted molar refractivity (Wildman–Crippen MR) is 77.8 cm³/mol. The number of nitrogens with one attached hydrogen (secondary N) is 2. The molecule has 0 unspecified atom stereocenters. The molecular formula is C11H11ClN6O3. The fourth-order valence-electron chi connectivity index (χ4n) is 1.54. The van der Waals surface area contributed by atoms with Gasteiger partial charge in [0, 0.05) is 11.8 Å². The van der Waals surface area contributed by atoms with Crippen LogP contribution in [0, 0.1) is 10.1 Å². The molecule has 0 amide bonds. The maximum atomic E-state index is 11.0. The first-order valence-electron chi connectivity index (χ1n) is 5.63. The quantitative estimate of drug-likeness (QED) is 0.435. The zero-order chi connectivity index (χ0) is 15.4. The molecule has 4 N–H and O–H groups in total. The van der Waals surface area contributed by atoms with Crippen LogP contribution in [0.2, 0.25) is 5.02 Å². The Morgan fingerprint density at radius 1 is 1.48 bits per heavy atom. The summed E-state index contributed by atoms with van der Waals surface area (Å²) < 4.78 is 5.08. The third kappa shape index (κ3) is 3.27. The third-order valence-corrected chi connectivity index (χ3v) is 2.82. The molecule has 0 fully saturated rings. The maximum absolute atomic E-state index is 11.0. The van der Waals surface area contributed by atoms with E-state index in [-0.39, 0.29) is 17.5 Å². The Morgan fingerprint density at radius 2 is 2.24 bits per heavy atom. The SMILES string of the molecule is COc1cc(Nc2nc(NN)ncc2[N+](=O)[O-])ccc1Cl. The van der Waals surface area contributed by atoms with Crippen molar-refractivity contribution < 1.29 is 9.66 Å².